The standard InChI is InChI=1S/C26H25NO5S/c1-31-22-9-6-18(7-10-22)15-27(21-12-13-33(29,30)17-21)25(28)14-20-16-32-24-11-8-19-4-2-3-5-23(19)26(20)24/h2-11,16,21H,12-15,17H2,1H3. The number of carbonyl (C=O) groups excluding carboxylic acids is 1. The SMILES string of the molecule is COc1ccc(CN(C(=O)Cc2coc3ccc4ccccc4c23)C2CCS(=O)(=O)C2)cc1. The number of rotatable bonds is 6. The molecule has 33 heavy (non-hydrogen) atoms. The molecule has 0 saturated carbocycles. The highest BCUT2D eigenvalue weighted by molar-refractivity contribution is 7.91. The molecule has 2 heterocycles. The number of sulfone groups is 1. The quantitative estimate of drug-likeness (QED) is 0.425. The third kappa shape index (κ3) is 4.33. The van der Waals surface area contributed by atoms with E-state index in [1.54, 1.807) is 18.3 Å². The van der Waals surface area contributed by atoms with E-state index in [1.807, 2.05) is 60.7 Å². The Morgan fingerprint density at radius 2 is 1.88 bits per heavy atom. The summed E-state index contributed by atoms with van der Waals surface area (Å²) in [5, 5.41) is 3.05. The molecule has 1 amide bonds. The molecule has 5 rings (SSSR count). The van der Waals surface area contributed by atoms with E-state index >= 15 is 0 Å². The third-order valence-electron chi connectivity index (χ3n) is 6.36. The number of fused-ring (bicyclic) bond motifs is 3. The van der Waals surface area contributed by atoms with Gasteiger partial charge in [0.1, 0.15) is 11.3 Å². The molecule has 7 heteroatoms. The van der Waals surface area contributed by atoms with E-state index in [9.17, 15) is 13.2 Å². The molecule has 1 unspecified atom stereocenters. The van der Waals surface area contributed by atoms with Crippen LogP contribution in [0.4, 0.5) is 0 Å². The maximum absolute atomic E-state index is 13.6. The first kappa shape index (κ1) is 21.5. The van der Waals surface area contributed by atoms with Crippen molar-refractivity contribution in [2.75, 3.05) is 18.6 Å². The molecule has 0 aliphatic carbocycles. The van der Waals surface area contributed by atoms with E-state index in [0.717, 1.165) is 38.6 Å². The zero-order valence-electron chi connectivity index (χ0n) is 18.4. The van der Waals surface area contributed by atoms with Crippen molar-refractivity contribution in [3.63, 3.8) is 0 Å². The summed E-state index contributed by atoms with van der Waals surface area (Å²) in [6, 6.07) is 19.1. The predicted molar refractivity (Wildman–Crippen MR) is 128 cm³/mol. The molecule has 3 aromatic carbocycles. The highest BCUT2D eigenvalue weighted by Gasteiger charge is 2.35. The van der Waals surface area contributed by atoms with Gasteiger partial charge in [0.2, 0.25) is 5.91 Å². The Balaban J connectivity index is 1.47. The lowest BCUT2D eigenvalue weighted by atomic mass is 10.0. The third-order valence-corrected chi connectivity index (χ3v) is 8.11. The number of methoxy groups -OCH3 is 1. The minimum atomic E-state index is -3.13. The van der Waals surface area contributed by atoms with Crippen LogP contribution in [0.5, 0.6) is 5.75 Å². The molecule has 0 radical (unpaired) electrons. The fourth-order valence-electron chi connectivity index (χ4n) is 4.64. The molecule has 0 bridgehead atoms. The second kappa shape index (κ2) is 8.56. The summed E-state index contributed by atoms with van der Waals surface area (Å²) in [7, 11) is -1.53. The van der Waals surface area contributed by atoms with Crippen LogP contribution in [0.1, 0.15) is 17.5 Å². The van der Waals surface area contributed by atoms with Crippen molar-refractivity contribution >= 4 is 37.5 Å². The van der Waals surface area contributed by atoms with Crippen molar-refractivity contribution in [2.24, 2.45) is 0 Å². The number of hydrogen-bond acceptors (Lipinski definition) is 5. The van der Waals surface area contributed by atoms with Gasteiger partial charge in [-0.05, 0) is 41.0 Å². The van der Waals surface area contributed by atoms with E-state index in [2.05, 4.69) is 0 Å². The molecule has 1 aliphatic heterocycles. The van der Waals surface area contributed by atoms with Crippen molar-refractivity contribution in [2.45, 2.75) is 25.4 Å². The van der Waals surface area contributed by atoms with Gasteiger partial charge in [-0.25, -0.2) is 8.42 Å². The maximum atomic E-state index is 13.6. The highest BCUT2D eigenvalue weighted by Crippen LogP contribution is 2.31. The zero-order valence-corrected chi connectivity index (χ0v) is 19.2. The minimum Gasteiger partial charge on any atom is -0.497 e. The number of benzene rings is 3. The van der Waals surface area contributed by atoms with Crippen molar-refractivity contribution in [3.8, 4) is 5.75 Å². The van der Waals surface area contributed by atoms with Crippen LogP contribution in [0.2, 0.25) is 0 Å². The summed E-state index contributed by atoms with van der Waals surface area (Å²) in [5.41, 5.74) is 2.48. The monoisotopic (exact) mass is 463 g/mol. The lowest BCUT2D eigenvalue weighted by Crippen LogP contribution is -2.41. The van der Waals surface area contributed by atoms with E-state index < -0.39 is 9.84 Å². The number of amides is 1. The van der Waals surface area contributed by atoms with E-state index in [-0.39, 0.29) is 29.9 Å². The fraction of sp³-hybridized carbons (Fsp3) is 0.269. The molecular weight excluding hydrogens is 438 g/mol. The summed E-state index contributed by atoms with van der Waals surface area (Å²) in [5.74, 6) is 0.744. The molecule has 6 nitrogen and oxygen atoms in total. The van der Waals surface area contributed by atoms with Crippen LogP contribution in [0, 0.1) is 0 Å². The summed E-state index contributed by atoms with van der Waals surface area (Å²) in [6.07, 6.45) is 2.25. The van der Waals surface area contributed by atoms with Gasteiger partial charge in [-0.2, -0.15) is 0 Å². The fourth-order valence-corrected chi connectivity index (χ4v) is 6.37. The van der Waals surface area contributed by atoms with Crippen molar-refractivity contribution in [3.05, 3.63) is 78.1 Å². The molecule has 0 N–H and O–H groups in total. The van der Waals surface area contributed by atoms with Crippen molar-refractivity contribution in [1.82, 2.24) is 4.90 Å². The Bertz CT molecular complexity index is 1420. The highest BCUT2D eigenvalue weighted by atomic mass is 32.2. The van der Waals surface area contributed by atoms with E-state index in [4.69, 9.17) is 9.15 Å². The van der Waals surface area contributed by atoms with Crippen LogP contribution in [-0.2, 0) is 27.6 Å². The Kier molecular flexibility index (Phi) is 5.58. The molecule has 0 spiro atoms. The van der Waals surface area contributed by atoms with Crippen LogP contribution in [0.3, 0.4) is 0 Å². The first-order valence-electron chi connectivity index (χ1n) is 10.9. The Labute approximate surface area is 192 Å². The van der Waals surface area contributed by atoms with Gasteiger partial charge in [-0.15, -0.1) is 0 Å². The van der Waals surface area contributed by atoms with Crippen LogP contribution in [0.15, 0.2) is 71.3 Å². The van der Waals surface area contributed by atoms with Gasteiger partial charge >= 0.3 is 0 Å². The normalized spacial score (nSPS) is 17.4. The first-order valence-corrected chi connectivity index (χ1v) is 12.8. The minimum absolute atomic E-state index is 0.00393. The maximum Gasteiger partial charge on any atom is 0.227 e. The summed E-state index contributed by atoms with van der Waals surface area (Å²) in [6.45, 7) is 0.347. The first-order chi connectivity index (χ1) is 15.9. The summed E-state index contributed by atoms with van der Waals surface area (Å²) < 4.78 is 35.3. The van der Waals surface area contributed by atoms with E-state index in [0.29, 0.717) is 13.0 Å². The van der Waals surface area contributed by atoms with Crippen LogP contribution in [0.25, 0.3) is 21.7 Å². The van der Waals surface area contributed by atoms with Gasteiger partial charge < -0.3 is 14.1 Å². The lowest BCUT2D eigenvalue weighted by Gasteiger charge is -2.28. The Morgan fingerprint density at radius 3 is 2.61 bits per heavy atom. The zero-order chi connectivity index (χ0) is 23.0. The predicted octanol–water partition coefficient (Wildman–Crippen LogP) is 4.35. The van der Waals surface area contributed by atoms with Crippen LogP contribution in [-0.4, -0.2) is 43.9 Å². The van der Waals surface area contributed by atoms with Gasteiger partial charge in [-0.1, -0.05) is 42.5 Å². The smallest absolute Gasteiger partial charge is 0.227 e. The van der Waals surface area contributed by atoms with Crippen LogP contribution < -0.4 is 4.74 Å². The average molecular weight is 464 g/mol. The second-order valence-corrected chi connectivity index (χ2v) is 10.8. The number of ether oxygens (including phenoxy) is 1. The number of nitrogens with zero attached hydrogens (tertiary/aromatic N) is 1. The Hall–Kier alpha value is -3.32. The number of hydrogen-bond donors (Lipinski definition) is 0. The average Bonchev–Trinajstić information content (AvgIpc) is 3.40. The topological polar surface area (TPSA) is 76.8 Å². The molecule has 1 aromatic heterocycles. The summed E-state index contributed by atoms with van der Waals surface area (Å²) >= 11 is 0. The summed E-state index contributed by atoms with van der Waals surface area (Å²) in [4.78, 5) is 15.3. The van der Waals surface area contributed by atoms with Gasteiger partial charge in [0.15, 0.2) is 9.84 Å². The largest absolute Gasteiger partial charge is 0.497 e. The molecule has 1 saturated heterocycles. The van der Waals surface area contributed by atoms with Gasteiger partial charge in [0.05, 0.1) is 31.3 Å². The molecule has 4 aromatic rings. The molecule has 1 atom stereocenters. The van der Waals surface area contributed by atoms with Gasteiger partial charge in [0.25, 0.3) is 0 Å². The molecule has 1 aliphatic rings. The number of furan rings is 1. The number of carbonyl (C=O) groups is 1. The van der Waals surface area contributed by atoms with Crippen molar-refractivity contribution < 1.29 is 22.4 Å². The lowest BCUT2D eigenvalue weighted by molar-refractivity contribution is -0.133. The second-order valence-electron chi connectivity index (χ2n) is 8.52. The Morgan fingerprint density at radius 1 is 1.09 bits per heavy atom. The van der Waals surface area contributed by atoms with Gasteiger partial charge in [-0.3, -0.25) is 4.79 Å². The molecule has 1 fully saturated rings. The van der Waals surface area contributed by atoms with Crippen molar-refractivity contribution in [1.29, 1.82) is 0 Å². The van der Waals surface area contributed by atoms with Crippen LogP contribution >= 0.6 is 0 Å². The van der Waals surface area contributed by atoms with Gasteiger partial charge in [0, 0.05) is 23.5 Å². The van der Waals surface area contributed by atoms with E-state index in [1.165, 1.54) is 0 Å². The molecular formula is C26H25NO5S. The molecule has 170 valence electrons.